The van der Waals surface area contributed by atoms with Crippen molar-refractivity contribution >= 4 is 45.5 Å². The van der Waals surface area contributed by atoms with E-state index in [0.29, 0.717) is 27.3 Å². The Balaban J connectivity index is 1.79. The lowest BCUT2D eigenvalue weighted by Gasteiger charge is -2.12. The number of esters is 1. The quantitative estimate of drug-likeness (QED) is 0.433. The van der Waals surface area contributed by atoms with Gasteiger partial charge in [0.25, 0.3) is 11.5 Å². The third-order valence-corrected chi connectivity index (χ3v) is 5.14. The number of aromatic amines is 1. The number of nitrogens with one attached hydrogen (secondary N) is 2. The molecule has 0 fully saturated rings. The van der Waals surface area contributed by atoms with Crippen LogP contribution in [0.4, 0.5) is 0 Å². The van der Waals surface area contributed by atoms with E-state index in [1.807, 2.05) is 0 Å². The lowest BCUT2D eigenvalue weighted by molar-refractivity contribution is -0.143. The molecule has 0 unspecified atom stereocenters. The highest BCUT2D eigenvalue weighted by Gasteiger charge is 2.20. The van der Waals surface area contributed by atoms with Crippen LogP contribution < -0.4 is 10.9 Å². The average molecular weight is 454 g/mol. The van der Waals surface area contributed by atoms with E-state index in [2.05, 4.69) is 20.3 Å². The number of benzene rings is 1. The van der Waals surface area contributed by atoms with Crippen molar-refractivity contribution in [3.63, 3.8) is 0 Å². The summed E-state index contributed by atoms with van der Waals surface area (Å²) >= 11 is 5.89. The van der Waals surface area contributed by atoms with Gasteiger partial charge in [0.1, 0.15) is 29.1 Å². The van der Waals surface area contributed by atoms with Gasteiger partial charge < -0.3 is 15.0 Å². The molecule has 164 valence electrons. The fraction of sp³-hybridized carbons (Fsp3) is 0.227. The Hall–Kier alpha value is -3.72. The maximum Gasteiger partial charge on any atom is 0.326 e. The summed E-state index contributed by atoms with van der Waals surface area (Å²) in [5.41, 5.74) is 1.52. The van der Waals surface area contributed by atoms with Crippen LogP contribution in [0.15, 0.2) is 41.3 Å². The molecule has 10 heteroatoms. The lowest BCUT2D eigenvalue weighted by Crippen LogP contribution is -2.35. The monoisotopic (exact) mass is 453 g/mol. The first-order chi connectivity index (χ1) is 15.4. The Morgan fingerprint density at radius 1 is 1.25 bits per heavy atom. The van der Waals surface area contributed by atoms with Crippen molar-refractivity contribution in [2.75, 3.05) is 6.61 Å². The fourth-order valence-corrected chi connectivity index (χ4v) is 3.56. The van der Waals surface area contributed by atoms with E-state index >= 15 is 0 Å². The van der Waals surface area contributed by atoms with Crippen molar-refractivity contribution in [3.05, 3.63) is 68.9 Å². The van der Waals surface area contributed by atoms with Gasteiger partial charge in [0.2, 0.25) is 0 Å². The van der Waals surface area contributed by atoms with E-state index in [0.717, 1.165) is 10.1 Å². The van der Waals surface area contributed by atoms with Crippen LogP contribution in [-0.4, -0.2) is 38.0 Å². The van der Waals surface area contributed by atoms with Gasteiger partial charge in [-0.2, -0.15) is 0 Å². The van der Waals surface area contributed by atoms with E-state index in [9.17, 15) is 14.4 Å². The zero-order valence-corrected chi connectivity index (χ0v) is 18.2. The molecule has 32 heavy (non-hydrogen) atoms. The van der Waals surface area contributed by atoms with Crippen LogP contribution in [0.5, 0.6) is 0 Å². The number of hydrogen-bond acceptors (Lipinski definition) is 6. The molecule has 0 atom stereocenters. The zero-order chi connectivity index (χ0) is 22.8. The maximum atomic E-state index is 13.2. The summed E-state index contributed by atoms with van der Waals surface area (Å²) in [5, 5.41) is 3.80. The van der Waals surface area contributed by atoms with Crippen molar-refractivity contribution in [1.29, 1.82) is 0 Å². The second-order valence-electron chi connectivity index (χ2n) is 7.14. The highest BCUT2D eigenvalue weighted by molar-refractivity contribution is 6.30. The molecule has 2 N–H and O–H groups in total. The normalized spacial score (nSPS) is 11.1. The molecule has 0 bridgehead atoms. The molecule has 9 nitrogen and oxygen atoms in total. The lowest BCUT2D eigenvalue weighted by atomic mass is 10.1. The van der Waals surface area contributed by atoms with Gasteiger partial charge in [0, 0.05) is 17.0 Å². The average Bonchev–Trinajstić information content (AvgIpc) is 3.15. The number of halogens is 1. The van der Waals surface area contributed by atoms with E-state index in [-0.39, 0.29) is 30.9 Å². The van der Waals surface area contributed by atoms with Gasteiger partial charge in [0.05, 0.1) is 18.3 Å². The molecule has 1 aromatic carbocycles. The number of fused-ring (bicyclic) bond motifs is 3. The predicted octanol–water partition coefficient (Wildman–Crippen LogP) is 2.73. The number of aryl methyl sites for hydroxylation is 1. The van der Waals surface area contributed by atoms with Gasteiger partial charge in [-0.25, -0.2) is 9.97 Å². The van der Waals surface area contributed by atoms with Crippen LogP contribution >= 0.6 is 11.6 Å². The van der Waals surface area contributed by atoms with Crippen molar-refractivity contribution in [1.82, 2.24) is 24.8 Å². The van der Waals surface area contributed by atoms with Gasteiger partial charge in [-0.1, -0.05) is 23.7 Å². The number of carbonyl (C=O) groups is 2. The van der Waals surface area contributed by atoms with Crippen molar-refractivity contribution in [2.24, 2.45) is 0 Å². The molecule has 3 aromatic heterocycles. The molecule has 4 rings (SSSR count). The highest BCUT2D eigenvalue weighted by Crippen LogP contribution is 2.22. The summed E-state index contributed by atoms with van der Waals surface area (Å²) in [4.78, 5) is 50.1. The first-order valence-corrected chi connectivity index (χ1v) is 10.3. The summed E-state index contributed by atoms with van der Waals surface area (Å²) in [5.74, 6) is -0.519. The molecule has 4 aromatic rings. The number of carbonyl (C=O) groups excluding carboxylic acids is 2. The second-order valence-corrected chi connectivity index (χ2v) is 7.58. The summed E-state index contributed by atoms with van der Waals surface area (Å²) in [6.45, 7) is 3.47. The minimum Gasteiger partial charge on any atom is -0.465 e. The van der Waals surface area contributed by atoms with Crippen LogP contribution in [0, 0.1) is 6.92 Å². The first kappa shape index (κ1) is 21.5. The predicted molar refractivity (Wildman–Crippen MR) is 120 cm³/mol. The number of hydrogen-bond donors (Lipinski definition) is 2. The standard InChI is InChI=1S/C22H20ClN5O4/c1-3-32-18(29)11-28-20-15(19-17(10-24-20)26-12(2)27-19)8-16(22(28)31)21(30)25-9-13-4-6-14(23)7-5-13/h4-8,10H,3,9,11H2,1-2H3,(H,25,30)(H,26,27). The van der Waals surface area contributed by atoms with E-state index < -0.39 is 17.4 Å². The van der Waals surface area contributed by atoms with E-state index in [4.69, 9.17) is 16.3 Å². The van der Waals surface area contributed by atoms with Crippen LogP contribution in [0.3, 0.4) is 0 Å². The smallest absolute Gasteiger partial charge is 0.326 e. The number of H-pyrrole nitrogens is 1. The Kier molecular flexibility index (Phi) is 5.91. The number of imidazole rings is 1. The Bertz CT molecular complexity index is 1390. The number of rotatable bonds is 6. The number of nitrogens with zero attached hydrogens (tertiary/aromatic N) is 3. The topological polar surface area (TPSA) is 119 Å². The Morgan fingerprint density at radius 2 is 2.00 bits per heavy atom. The molecule has 0 aliphatic carbocycles. The number of pyridine rings is 2. The molecule has 0 aliphatic heterocycles. The molecule has 0 aliphatic rings. The van der Waals surface area contributed by atoms with E-state index in [1.54, 1.807) is 44.3 Å². The zero-order valence-electron chi connectivity index (χ0n) is 17.4. The van der Waals surface area contributed by atoms with Gasteiger partial charge in [-0.3, -0.25) is 19.0 Å². The van der Waals surface area contributed by atoms with Crippen molar-refractivity contribution in [3.8, 4) is 0 Å². The van der Waals surface area contributed by atoms with Gasteiger partial charge >= 0.3 is 5.97 Å². The molecular formula is C22H20ClN5O4. The molecule has 0 spiro atoms. The molecule has 0 saturated heterocycles. The third kappa shape index (κ3) is 4.19. The van der Waals surface area contributed by atoms with Crippen molar-refractivity contribution < 1.29 is 14.3 Å². The number of amides is 1. The van der Waals surface area contributed by atoms with Gasteiger partial charge in [-0.15, -0.1) is 0 Å². The summed E-state index contributed by atoms with van der Waals surface area (Å²) < 4.78 is 6.14. The highest BCUT2D eigenvalue weighted by atomic mass is 35.5. The van der Waals surface area contributed by atoms with Crippen LogP contribution in [0.25, 0.3) is 22.1 Å². The minimum atomic E-state index is -0.640. The summed E-state index contributed by atoms with van der Waals surface area (Å²) in [7, 11) is 0. The number of ether oxygens (including phenoxy) is 1. The molecule has 0 radical (unpaired) electrons. The maximum absolute atomic E-state index is 13.2. The largest absolute Gasteiger partial charge is 0.465 e. The SMILES string of the molecule is CCOC(=O)Cn1c(=O)c(C(=O)NCc2ccc(Cl)cc2)cc2c3nc(C)[nH]c3cnc21. The Labute approximate surface area is 187 Å². The summed E-state index contributed by atoms with van der Waals surface area (Å²) in [6.07, 6.45) is 1.54. The second kappa shape index (κ2) is 8.80. The Morgan fingerprint density at radius 3 is 2.72 bits per heavy atom. The molecular weight excluding hydrogens is 434 g/mol. The minimum absolute atomic E-state index is 0.120. The molecule has 1 amide bonds. The molecule has 3 heterocycles. The van der Waals surface area contributed by atoms with Gasteiger partial charge in [-0.05, 0) is 37.6 Å². The summed E-state index contributed by atoms with van der Waals surface area (Å²) in [6, 6.07) is 8.46. The number of aromatic nitrogens is 4. The van der Waals surface area contributed by atoms with Crippen LogP contribution in [-0.2, 0) is 22.6 Å². The molecule has 0 saturated carbocycles. The van der Waals surface area contributed by atoms with Gasteiger partial charge in [0.15, 0.2) is 0 Å². The van der Waals surface area contributed by atoms with Crippen LogP contribution in [0.2, 0.25) is 5.02 Å². The van der Waals surface area contributed by atoms with Crippen LogP contribution in [0.1, 0.15) is 28.7 Å². The van der Waals surface area contributed by atoms with Crippen molar-refractivity contribution in [2.45, 2.75) is 26.9 Å². The fourth-order valence-electron chi connectivity index (χ4n) is 3.43. The first-order valence-electron chi connectivity index (χ1n) is 9.94. The van der Waals surface area contributed by atoms with E-state index in [1.165, 1.54) is 6.07 Å². The third-order valence-electron chi connectivity index (χ3n) is 4.89.